The van der Waals surface area contributed by atoms with Crippen LogP contribution in [0.2, 0.25) is 0 Å². The fraction of sp³-hybridized carbons (Fsp3) is 0.267. The molecule has 0 unspecified atom stereocenters. The van der Waals surface area contributed by atoms with Gasteiger partial charge in [0.2, 0.25) is 0 Å². The maximum absolute atomic E-state index is 5.62. The Hall–Kier alpha value is -2.03. The van der Waals surface area contributed by atoms with E-state index in [0.29, 0.717) is 5.69 Å². The number of nitrogens with two attached hydrogens (primary N) is 1. The molecule has 0 bridgehead atoms. The van der Waals surface area contributed by atoms with E-state index in [9.17, 15) is 0 Å². The number of benzene rings is 1. The number of hydrogen-bond acceptors (Lipinski definition) is 3. The van der Waals surface area contributed by atoms with Crippen LogP contribution in [0.15, 0.2) is 42.6 Å². The molecule has 18 heavy (non-hydrogen) atoms. The van der Waals surface area contributed by atoms with Crippen LogP contribution in [0.3, 0.4) is 0 Å². The Bertz CT molecular complexity index is 505. The fourth-order valence-electron chi connectivity index (χ4n) is 1.98. The molecule has 0 aliphatic carbocycles. The maximum Gasteiger partial charge on any atom is 0.0501 e. The second-order valence-corrected chi connectivity index (χ2v) is 4.54. The lowest BCUT2D eigenvalue weighted by Gasteiger charge is -2.21. The lowest BCUT2D eigenvalue weighted by atomic mass is 10.1. The van der Waals surface area contributed by atoms with E-state index in [1.807, 2.05) is 12.1 Å². The minimum atomic E-state index is 0.714. The number of pyridine rings is 1. The number of para-hydroxylation sites is 1. The lowest BCUT2D eigenvalue weighted by molar-refractivity contribution is 0.850. The molecule has 3 nitrogen and oxygen atoms in total. The molecule has 0 saturated heterocycles. The van der Waals surface area contributed by atoms with Crippen molar-refractivity contribution in [3.05, 3.63) is 53.9 Å². The van der Waals surface area contributed by atoms with Gasteiger partial charge >= 0.3 is 0 Å². The Morgan fingerprint density at radius 1 is 1.17 bits per heavy atom. The van der Waals surface area contributed by atoms with Crippen LogP contribution in [-0.2, 0) is 6.42 Å². The molecule has 2 aromatic rings. The Kier molecular flexibility index (Phi) is 3.82. The molecule has 0 aliphatic rings. The molecule has 1 aromatic heterocycles. The van der Waals surface area contributed by atoms with Crippen molar-refractivity contribution in [2.45, 2.75) is 13.3 Å². The highest BCUT2D eigenvalue weighted by Crippen LogP contribution is 2.17. The lowest BCUT2D eigenvalue weighted by Crippen LogP contribution is -2.21. The third kappa shape index (κ3) is 3.00. The number of aromatic nitrogens is 1. The molecule has 2 N–H and O–H groups in total. The molecule has 2 rings (SSSR count). The first-order valence-electron chi connectivity index (χ1n) is 6.14. The summed E-state index contributed by atoms with van der Waals surface area (Å²) in [7, 11) is 2.11. The van der Waals surface area contributed by atoms with Crippen LogP contribution in [0.5, 0.6) is 0 Å². The molecule has 0 fully saturated rings. The van der Waals surface area contributed by atoms with Crippen LogP contribution in [-0.4, -0.2) is 18.6 Å². The summed E-state index contributed by atoms with van der Waals surface area (Å²) in [5.74, 6) is 0. The van der Waals surface area contributed by atoms with Gasteiger partial charge in [-0.25, -0.2) is 0 Å². The Labute approximate surface area is 108 Å². The molecule has 94 valence electrons. The minimum Gasteiger partial charge on any atom is -0.397 e. The van der Waals surface area contributed by atoms with Gasteiger partial charge < -0.3 is 10.6 Å². The molecule has 0 saturated carbocycles. The number of aryl methyl sites for hydroxylation is 1. The van der Waals surface area contributed by atoms with Crippen molar-refractivity contribution in [1.29, 1.82) is 0 Å². The summed E-state index contributed by atoms with van der Waals surface area (Å²) >= 11 is 0. The standard InChI is InChI=1S/C15H19N3/c1-12-5-3-4-6-15(12)18(2)10-9-14-8-7-13(16)11-17-14/h3-8,11H,9-10,16H2,1-2H3. The van der Waals surface area contributed by atoms with Crippen molar-refractivity contribution >= 4 is 11.4 Å². The Morgan fingerprint density at radius 2 is 1.94 bits per heavy atom. The topological polar surface area (TPSA) is 42.1 Å². The zero-order valence-electron chi connectivity index (χ0n) is 10.9. The summed E-state index contributed by atoms with van der Waals surface area (Å²) in [6.07, 6.45) is 2.63. The average Bonchev–Trinajstić information content (AvgIpc) is 2.38. The Balaban J connectivity index is 1.98. The van der Waals surface area contributed by atoms with Crippen molar-refractivity contribution in [2.24, 2.45) is 0 Å². The fourth-order valence-corrected chi connectivity index (χ4v) is 1.98. The highest BCUT2D eigenvalue weighted by molar-refractivity contribution is 5.52. The molecule has 0 amide bonds. The molecule has 1 heterocycles. The van der Waals surface area contributed by atoms with E-state index >= 15 is 0 Å². The minimum absolute atomic E-state index is 0.714. The molecule has 3 heteroatoms. The van der Waals surface area contributed by atoms with Crippen molar-refractivity contribution in [1.82, 2.24) is 4.98 Å². The molecule has 0 atom stereocenters. The van der Waals surface area contributed by atoms with Crippen LogP contribution in [0.4, 0.5) is 11.4 Å². The van der Waals surface area contributed by atoms with Crippen LogP contribution >= 0.6 is 0 Å². The summed E-state index contributed by atoms with van der Waals surface area (Å²) in [5, 5.41) is 0. The number of nitrogen functional groups attached to an aromatic ring is 1. The van der Waals surface area contributed by atoms with Gasteiger partial charge in [0.05, 0.1) is 11.9 Å². The van der Waals surface area contributed by atoms with E-state index in [-0.39, 0.29) is 0 Å². The molecular formula is C15H19N3. The summed E-state index contributed by atoms with van der Waals surface area (Å²) in [6.45, 7) is 3.08. The third-order valence-corrected chi connectivity index (χ3v) is 3.08. The first kappa shape index (κ1) is 12.4. The largest absolute Gasteiger partial charge is 0.397 e. The van der Waals surface area contributed by atoms with Crippen LogP contribution in [0, 0.1) is 6.92 Å². The summed E-state index contributed by atoms with van der Waals surface area (Å²) in [5.41, 5.74) is 9.98. The summed E-state index contributed by atoms with van der Waals surface area (Å²) < 4.78 is 0. The number of likely N-dealkylation sites (N-methyl/N-ethyl adjacent to an activating group) is 1. The van der Waals surface area contributed by atoms with E-state index in [0.717, 1.165) is 18.7 Å². The number of nitrogens with zero attached hydrogens (tertiary/aromatic N) is 2. The first-order chi connectivity index (χ1) is 8.66. The zero-order valence-corrected chi connectivity index (χ0v) is 10.9. The zero-order chi connectivity index (χ0) is 13.0. The molecule has 0 aliphatic heterocycles. The Morgan fingerprint density at radius 3 is 2.61 bits per heavy atom. The maximum atomic E-state index is 5.62. The van der Waals surface area contributed by atoms with Crippen molar-refractivity contribution in [3.63, 3.8) is 0 Å². The van der Waals surface area contributed by atoms with Crippen molar-refractivity contribution in [3.8, 4) is 0 Å². The van der Waals surface area contributed by atoms with Crippen LogP contribution < -0.4 is 10.6 Å². The predicted molar refractivity (Wildman–Crippen MR) is 76.8 cm³/mol. The number of hydrogen-bond donors (Lipinski definition) is 1. The molecule has 0 radical (unpaired) electrons. The molecule has 1 aromatic carbocycles. The highest BCUT2D eigenvalue weighted by Gasteiger charge is 2.04. The van der Waals surface area contributed by atoms with Gasteiger partial charge in [-0.1, -0.05) is 18.2 Å². The van der Waals surface area contributed by atoms with E-state index in [4.69, 9.17) is 5.73 Å². The third-order valence-electron chi connectivity index (χ3n) is 3.08. The van der Waals surface area contributed by atoms with Crippen LogP contribution in [0.25, 0.3) is 0 Å². The van der Waals surface area contributed by atoms with Gasteiger partial charge in [0.25, 0.3) is 0 Å². The van der Waals surface area contributed by atoms with Gasteiger partial charge in [-0.15, -0.1) is 0 Å². The van der Waals surface area contributed by atoms with Crippen molar-refractivity contribution in [2.75, 3.05) is 24.2 Å². The van der Waals surface area contributed by atoms with E-state index in [2.05, 4.69) is 48.1 Å². The second kappa shape index (κ2) is 5.54. The van der Waals surface area contributed by atoms with Crippen LogP contribution in [0.1, 0.15) is 11.3 Å². The van der Waals surface area contributed by atoms with Gasteiger partial charge in [-0.2, -0.15) is 0 Å². The number of anilines is 2. The average molecular weight is 241 g/mol. The van der Waals surface area contributed by atoms with E-state index in [1.54, 1.807) is 6.20 Å². The van der Waals surface area contributed by atoms with Gasteiger partial charge in [-0.3, -0.25) is 4.98 Å². The molecular weight excluding hydrogens is 222 g/mol. The summed E-state index contributed by atoms with van der Waals surface area (Å²) in [4.78, 5) is 6.57. The van der Waals surface area contributed by atoms with Gasteiger partial charge in [-0.05, 0) is 30.7 Å². The predicted octanol–water partition coefficient (Wildman–Crippen LogP) is 2.65. The second-order valence-electron chi connectivity index (χ2n) is 4.54. The van der Waals surface area contributed by atoms with Gasteiger partial charge in [0.15, 0.2) is 0 Å². The quantitative estimate of drug-likeness (QED) is 0.894. The number of rotatable bonds is 4. The normalized spacial score (nSPS) is 10.3. The highest BCUT2D eigenvalue weighted by atomic mass is 15.1. The van der Waals surface area contributed by atoms with Gasteiger partial charge in [0.1, 0.15) is 0 Å². The van der Waals surface area contributed by atoms with E-state index in [1.165, 1.54) is 11.3 Å². The smallest absolute Gasteiger partial charge is 0.0501 e. The first-order valence-corrected chi connectivity index (χ1v) is 6.14. The van der Waals surface area contributed by atoms with Crippen molar-refractivity contribution < 1.29 is 0 Å². The van der Waals surface area contributed by atoms with E-state index < -0.39 is 0 Å². The SMILES string of the molecule is Cc1ccccc1N(C)CCc1ccc(N)cn1. The monoisotopic (exact) mass is 241 g/mol. The molecule has 0 spiro atoms. The van der Waals surface area contributed by atoms with Gasteiger partial charge in [0, 0.05) is 31.4 Å². The summed E-state index contributed by atoms with van der Waals surface area (Å²) in [6, 6.07) is 12.3.